The van der Waals surface area contributed by atoms with E-state index in [0.29, 0.717) is 12.6 Å². The van der Waals surface area contributed by atoms with Gasteiger partial charge in [-0.15, -0.1) is 13.2 Å². The van der Waals surface area contributed by atoms with Gasteiger partial charge in [-0.3, -0.25) is 4.99 Å². The number of allylic oxidation sites excluding steroid dienone is 4. The Morgan fingerprint density at radius 3 is 1.90 bits per heavy atom. The molecular weight excluding hydrogens is 378 g/mol. The van der Waals surface area contributed by atoms with Crippen molar-refractivity contribution in [3.05, 3.63) is 36.5 Å². The quantitative estimate of drug-likeness (QED) is 0.264. The zero-order valence-electron chi connectivity index (χ0n) is 22.4. The molecule has 1 aliphatic heterocycles. The zero-order valence-corrected chi connectivity index (χ0v) is 22.4. The topological polar surface area (TPSA) is 27.6 Å². The Morgan fingerprint density at radius 1 is 1.00 bits per heavy atom. The molecule has 0 unspecified atom stereocenters. The third-order valence-corrected chi connectivity index (χ3v) is 6.14. The Balaban J connectivity index is 0. The molecule has 2 aliphatic rings. The monoisotopic (exact) mass is 433 g/mol. The number of rotatable bonds is 6. The van der Waals surface area contributed by atoms with Crippen LogP contribution in [-0.4, -0.2) is 44.0 Å². The van der Waals surface area contributed by atoms with Crippen molar-refractivity contribution >= 4 is 5.71 Å². The lowest BCUT2D eigenvalue weighted by Gasteiger charge is -2.33. The van der Waals surface area contributed by atoms with Gasteiger partial charge in [-0.25, -0.2) is 0 Å². The summed E-state index contributed by atoms with van der Waals surface area (Å²) in [6, 6.07) is 0. The molecule has 0 amide bonds. The number of nitrogens with one attached hydrogen (secondary N) is 1. The van der Waals surface area contributed by atoms with Crippen molar-refractivity contribution in [2.24, 2.45) is 16.8 Å². The second-order valence-electron chi connectivity index (χ2n) is 8.15. The highest BCUT2D eigenvalue weighted by Crippen LogP contribution is 2.30. The highest BCUT2D eigenvalue weighted by Gasteiger charge is 2.23. The highest BCUT2D eigenvalue weighted by atomic mass is 15.1. The van der Waals surface area contributed by atoms with E-state index in [4.69, 9.17) is 0 Å². The molecule has 3 heteroatoms. The smallest absolute Gasteiger partial charge is 0.0885 e. The van der Waals surface area contributed by atoms with Crippen LogP contribution in [0.5, 0.6) is 0 Å². The van der Waals surface area contributed by atoms with Crippen LogP contribution < -0.4 is 5.32 Å². The summed E-state index contributed by atoms with van der Waals surface area (Å²) in [4.78, 5) is 7.14. The molecule has 182 valence electrons. The summed E-state index contributed by atoms with van der Waals surface area (Å²) in [6.45, 7) is 25.3. The number of nitrogens with zero attached hydrogens (tertiary/aromatic N) is 2. The number of likely N-dealkylation sites (tertiary alicyclic amines) is 1. The Hall–Kier alpha value is -1.19. The summed E-state index contributed by atoms with van der Waals surface area (Å²) in [5.74, 6) is 1.72. The van der Waals surface area contributed by atoms with E-state index >= 15 is 0 Å². The van der Waals surface area contributed by atoms with Crippen molar-refractivity contribution in [2.75, 3.05) is 33.4 Å². The minimum atomic E-state index is 0.689. The van der Waals surface area contributed by atoms with E-state index in [2.05, 4.69) is 75.1 Å². The van der Waals surface area contributed by atoms with E-state index < -0.39 is 0 Å². The Bertz CT molecular complexity index is 490. The summed E-state index contributed by atoms with van der Waals surface area (Å²) in [5.41, 5.74) is 3.96. The first-order chi connectivity index (χ1) is 15.1. The van der Waals surface area contributed by atoms with Crippen LogP contribution in [0.25, 0.3) is 0 Å². The van der Waals surface area contributed by atoms with Gasteiger partial charge in [0.25, 0.3) is 0 Å². The van der Waals surface area contributed by atoms with Crippen LogP contribution in [0.1, 0.15) is 93.4 Å². The maximum Gasteiger partial charge on any atom is 0.0885 e. The van der Waals surface area contributed by atoms with E-state index in [1.807, 2.05) is 20.9 Å². The molecule has 1 saturated carbocycles. The fourth-order valence-electron chi connectivity index (χ4n) is 4.35. The Labute approximate surface area is 196 Å². The second kappa shape index (κ2) is 22.0. The van der Waals surface area contributed by atoms with Crippen LogP contribution >= 0.6 is 0 Å². The van der Waals surface area contributed by atoms with Gasteiger partial charge in [0.2, 0.25) is 0 Å². The summed E-state index contributed by atoms with van der Waals surface area (Å²) in [6.07, 6.45) is 14.5. The molecular formula is C28H55N3. The van der Waals surface area contributed by atoms with Gasteiger partial charge in [0.15, 0.2) is 0 Å². The lowest BCUT2D eigenvalue weighted by Crippen LogP contribution is -2.34. The molecule has 0 spiro atoms. The average molecular weight is 434 g/mol. The van der Waals surface area contributed by atoms with E-state index in [0.717, 1.165) is 11.6 Å². The SMILES string of the molecule is C/C=C(C(=C\C)/C1CCN(CC)CC1)\C(C)=N/CNC.C=C.CC.CC1CCCCC1. The first-order valence-corrected chi connectivity index (χ1v) is 12.8. The molecule has 31 heavy (non-hydrogen) atoms. The molecule has 0 aromatic heterocycles. The number of aliphatic imine (C=N–C) groups is 1. The van der Waals surface area contributed by atoms with Gasteiger partial charge < -0.3 is 10.2 Å². The van der Waals surface area contributed by atoms with Gasteiger partial charge >= 0.3 is 0 Å². The van der Waals surface area contributed by atoms with Crippen molar-refractivity contribution < 1.29 is 0 Å². The fourth-order valence-corrected chi connectivity index (χ4v) is 4.35. The van der Waals surface area contributed by atoms with E-state index in [9.17, 15) is 0 Å². The normalized spacial score (nSPS) is 19.3. The first-order valence-electron chi connectivity index (χ1n) is 12.8. The third-order valence-electron chi connectivity index (χ3n) is 6.14. The van der Waals surface area contributed by atoms with Gasteiger partial charge in [-0.1, -0.05) is 72.0 Å². The fraction of sp³-hybridized carbons (Fsp3) is 0.750. The van der Waals surface area contributed by atoms with Crippen molar-refractivity contribution in [1.82, 2.24) is 10.2 Å². The van der Waals surface area contributed by atoms with Crippen molar-refractivity contribution in [2.45, 2.75) is 93.4 Å². The van der Waals surface area contributed by atoms with Crippen molar-refractivity contribution in [3.8, 4) is 0 Å². The molecule has 1 saturated heterocycles. The summed E-state index contributed by atoms with van der Waals surface area (Å²) in [7, 11) is 1.93. The van der Waals surface area contributed by atoms with Gasteiger partial charge in [-0.05, 0) is 83.3 Å². The molecule has 0 bridgehead atoms. The van der Waals surface area contributed by atoms with Gasteiger partial charge in [0.05, 0.1) is 6.67 Å². The second-order valence-corrected chi connectivity index (χ2v) is 8.15. The van der Waals surface area contributed by atoms with Crippen LogP contribution in [-0.2, 0) is 0 Å². The van der Waals surface area contributed by atoms with Gasteiger partial charge in [0, 0.05) is 5.71 Å². The van der Waals surface area contributed by atoms with Crippen LogP contribution in [0.3, 0.4) is 0 Å². The Morgan fingerprint density at radius 2 is 1.55 bits per heavy atom. The predicted octanol–water partition coefficient (Wildman–Crippen LogP) is 7.66. The largest absolute Gasteiger partial charge is 0.304 e. The van der Waals surface area contributed by atoms with Crippen LogP contribution in [0.2, 0.25) is 0 Å². The van der Waals surface area contributed by atoms with E-state index in [1.165, 1.54) is 75.7 Å². The van der Waals surface area contributed by atoms with E-state index in [-0.39, 0.29) is 0 Å². The molecule has 1 N–H and O–H groups in total. The molecule has 0 atom stereocenters. The first kappa shape index (κ1) is 32.0. The molecule has 0 aromatic carbocycles. The summed E-state index contributed by atoms with van der Waals surface area (Å²) in [5, 5.41) is 3.09. The van der Waals surface area contributed by atoms with Crippen LogP contribution in [0, 0.1) is 11.8 Å². The minimum absolute atomic E-state index is 0.689. The Kier molecular flexibility index (Phi) is 22.7. The van der Waals surface area contributed by atoms with Crippen molar-refractivity contribution in [1.29, 1.82) is 0 Å². The maximum atomic E-state index is 4.59. The lowest BCUT2D eigenvalue weighted by molar-refractivity contribution is 0.209. The van der Waals surface area contributed by atoms with E-state index in [1.54, 1.807) is 0 Å². The average Bonchev–Trinajstić information content (AvgIpc) is 2.84. The van der Waals surface area contributed by atoms with Crippen molar-refractivity contribution in [3.63, 3.8) is 0 Å². The molecule has 3 nitrogen and oxygen atoms in total. The molecule has 2 rings (SSSR count). The minimum Gasteiger partial charge on any atom is -0.304 e. The number of piperidine rings is 1. The van der Waals surface area contributed by atoms with Crippen LogP contribution in [0.15, 0.2) is 41.4 Å². The number of hydrogen-bond acceptors (Lipinski definition) is 3. The van der Waals surface area contributed by atoms with Gasteiger partial charge in [-0.2, -0.15) is 0 Å². The van der Waals surface area contributed by atoms with Gasteiger partial charge in [0.1, 0.15) is 0 Å². The molecule has 1 aliphatic carbocycles. The standard InChI is InChI=1S/C17H31N3.C7H14.C2H6.C2H4/c1-6-16(14(4)19-13-18-5)17(7-2)15-9-11-20(8-3)12-10-15;1-7-5-3-2-4-6-7;2*1-2/h6-7,15,18H,8-13H2,1-5H3;7H,2-6H2,1H3;1-2H3;1-2H2/b16-6+,17-7-,19-14-;;;. The lowest BCUT2D eigenvalue weighted by atomic mass is 9.83. The van der Waals surface area contributed by atoms with Crippen LogP contribution in [0.4, 0.5) is 0 Å². The third kappa shape index (κ3) is 13.7. The number of hydrogen-bond donors (Lipinski definition) is 1. The molecule has 0 aromatic rings. The zero-order chi connectivity index (χ0) is 24.1. The molecule has 1 heterocycles. The molecule has 2 fully saturated rings. The summed E-state index contributed by atoms with van der Waals surface area (Å²) >= 11 is 0. The maximum absolute atomic E-state index is 4.59. The summed E-state index contributed by atoms with van der Waals surface area (Å²) < 4.78 is 0. The predicted molar refractivity (Wildman–Crippen MR) is 144 cm³/mol. The molecule has 0 radical (unpaired) electrons. The highest BCUT2D eigenvalue weighted by molar-refractivity contribution is 6.02.